The Bertz CT molecular complexity index is 1410. The molecule has 7 heteroatoms. The normalized spacial score (nSPS) is 19.7. The Morgan fingerprint density at radius 1 is 1.06 bits per heavy atom. The quantitative estimate of drug-likeness (QED) is 0.400. The van der Waals surface area contributed by atoms with Crippen LogP contribution in [-0.4, -0.2) is 34.1 Å². The van der Waals surface area contributed by atoms with Crippen molar-refractivity contribution < 1.29 is 9.53 Å². The smallest absolute Gasteiger partial charge is 0.256 e. The molecule has 1 saturated heterocycles. The van der Waals surface area contributed by atoms with E-state index < -0.39 is 6.04 Å². The minimum absolute atomic E-state index is 0.0308. The van der Waals surface area contributed by atoms with Gasteiger partial charge in [-0.3, -0.25) is 9.69 Å². The van der Waals surface area contributed by atoms with E-state index >= 15 is 0 Å². The highest BCUT2D eigenvalue weighted by molar-refractivity contribution is 7.80. The van der Waals surface area contributed by atoms with E-state index in [9.17, 15) is 4.79 Å². The number of aromatic amines is 1. The van der Waals surface area contributed by atoms with Crippen LogP contribution in [0.3, 0.4) is 0 Å². The van der Waals surface area contributed by atoms with Crippen molar-refractivity contribution in [3.63, 3.8) is 0 Å². The van der Waals surface area contributed by atoms with Gasteiger partial charge >= 0.3 is 0 Å². The van der Waals surface area contributed by atoms with Crippen molar-refractivity contribution in [2.75, 3.05) is 12.0 Å². The van der Waals surface area contributed by atoms with Crippen LogP contribution < -0.4 is 9.64 Å². The van der Waals surface area contributed by atoms with Gasteiger partial charge in [0.25, 0.3) is 5.91 Å². The van der Waals surface area contributed by atoms with Gasteiger partial charge in [-0.1, -0.05) is 48.0 Å². The number of para-hydroxylation sites is 1. The van der Waals surface area contributed by atoms with Gasteiger partial charge in [-0.25, -0.2) is 0 Å². The van der Waals surface area contributed by atoms with E-state index in [1.807, 2.05) is 48.5 Å². The number of nitrogens with one attached hydrogen (secondary N) is 1. The van der Waals surface area contributed by atoms with Crippen LogP contribution in [0.1, 0.15) is 22.9 Å². The van der Waals surface area contributed by atoms with E-state index in [4.69, 9.17) is 28.6 Å². The molecule has 0 saturated carbocycles. The summed E-state index contributed by atoms with van der Waals surface area (Å²) >= 11 is 12.2. The third-order valence-corrected chi connectivity index (χ3v) is 7.18. The molecule has 5 nitrogen and oxygen atoms in total. The number of nitrogens with zero attached hydrogens (tertiary/aromatic N) is 2. The van der Waals surface area contributed by atoms with Crippen molar-refractivity contribution in [3.8, 4) is 5.75 Å². The second kappa shape index (κ2) is 7.61. The monoisotopic (exact) mass is 473 g/mol. The van der Waals surface area contributed by atoms with E-state index in [0.29, 0.717) is 22.2 Å². The van der Waals surface area contributed by atoms with Crippen LogP contribution >= 0.6 is 23.8 Å². The van der Waals surface area contributed by atoms with E-state index in [2.05, 4.69) is 22.0 Å². The number of methoxy groups -OCH3 is 1. The fraction of sp³-hybridized carbons (Fsp3) is 0.154. The van der Waals surface area contributed by atoms with Gasteiger partial charge in [-0.2, -0.15) is 0 Å². The number of anilines is 1. The fourth-order valence-electron chi connectivity index (χ4n) is 5.06. The third-order valence-electron chi connectivity index (χ3n) is 6.55. The maximum Gasteiger partial charge on any atom is 0.256 e. The van der Waals surface area contributed by atoms with Gasteiger partial charge < -0.3 is 14.6 Å². The van der Waals surface area contributed by atoms with Gasteiger partial charge in [0.15, 0.2) is 5.11 Å². The number of amides is 1. The minimum atomic E-state index is -0.393. The summed E-state index contributed by atoms with van der Waals surface area (Å²) in [5.41, 5.74) is 5.02. The molecule has 1 fully saturated rings. The highest BCUT2D eigenvalue weighted by Gasteiger charge is 2.51. The van der Waals surface area contributed by atoms with Crippen LogP contribution in [0.5, 0.6) is 5.75 Å². The number of carbonyl (C=O) groups excluding carboxylic acids is 1. The molecule has 3 aromatic carbocycles. The molecule has 0 bridgehead atoms. The van der Waals surface area contributed by atoms with Crippen molar-refractivity contribution in [3.05, 3.63) is 94.6 Å². The molecule has 3 heterocycles. The Hall–Kier alpha value is -3.35. The average molecular weight is 474 g/mol. The number of benzene rings is 3. The molecule has 0 unspecified atom stereocenters. The van der Waals surface area contributed by atoms with Gasteiger partial charge in [-0.15, -0.1) is 0 Å². The van der Waals surface area contributed by atoms with Crippen molar-refractivity contribution >= 4 is 51.4 Å². The average Bonchev–Trinajstić information content (AvgIpc) is 3.32. The Morgan fingerprint density at radius 3 is 2.61 bits per heavy atom. The van der Waals surface area contributed by atoms with E-state index in [1.165, 1.54) is 0 Å². The number of aromatic nitrogens is 1. The van der Waals surface area contributed by atoms with Crippen LogP contribution in [-0.2, 0) is 11.2 Å². The number of carbonyl (C=O) groups is 1. The van der Waals surface area contributed by atoms with E-state index in [1.54, 1.807) is 24.1 Å². The number of hydrogen-bond donors (Lipinski definition) is 1. The van der Waals surface area contributed by atoms with Gasteiger partial charge in [0.05, 0.1) is 18.8 Å². The number of H-pyrrole nitrogens is 1. The lowest BCUT2D eigenvalue weighted by molar-refractivity contribution is -0.120. The van der Waals surface area contributed by atoms with Crippen molar-refractivity contribution in [1.29, 1.82) is 0 Å². The number of ether oxygens (including phenoxy) is 1. The van der Waals surface area contributed by atoms with E-state index in [-0.39, 0.29) is 11.9 Å². The molecule has 0 radical (unpaired) electrons. The first-order valence-electron chi connectivity index (χ1n) is 10.7. The number of hydrogen-bond acceptors (Lipinski definition) is 3. The summed E-state index contributed by atoms with van der Waals surface area (Å²) in [6.45, 7) is 0. The maximum absolute atomic E-state index is 13.7. The largest absolute Gasteiger partial charge is 0.497 e. The van der Waals surface area contributed by atoms with Gasteiger partial charge in [0.1, 0.15) is 11.8 Å². The SMILES string of the molecule is COc1ccc([C@@H]2c3[nH]c4ccccc4c3C[C@H]3C(=O)N(c4cccc(Cl)c4)C(=S)N23)cc1. The fourth-order valence-corrected chi connectivity index (χ4v) is 5.67. The molecule has 4 aromatic rings. The van der Waals surface area contributed by atoms with Crippen LogP contribution in [0.2, 0.25) is 5.02 Å². The van der Waals surface area contributed by atoms with Crippen LogP contribution in [0.25, 0.3) is 10.9 Å². The van der Waals surface area contributed by atoms with Crippen molar-refractivity contribution in [2.24, 2.45) is 0 Å². The van der Waals surface area contributed by atoms with Crippen LogP contribution in [0.15, 0.2) is 72.8 Å². The summed E-state index contributed by atoms with van der Waals surface area (Å²) in [6.07, 6.45) is 0.585. The van der Waals surface area contributed by atoms with Gasteiger partial charge in [0.2, 0.25) is 0 Å². The lowest BCUT2D eigenvalue weighted by Gasteiger charge is -2.37. The molecule has 0 spiro atoms. The van der Waals surface area contributed by atoms with Crippen molar-refractivity contribution in [1.82, 2.24) is 9.88 Å². The summed E-state index contributed by atoms with van der Waals surface area (Å²) in [4.78, 5) is 21.0. The molecule has 2 aliphatic rings. The predicted octanol–water partition coefficient (Wildman–Crippen LogP) is 5.48. The Balaban J connectivity index is 1.53. The van der Waals surface area contributed by atoms with Gasteiger partial charge in [0, 0.05) is 28.0 Å². The molecule has 164 valence electrons. The summed E-state index contributed by atoms with van der Waals surface area (Å²) < 4.78 is 5.36. The zero-order chi connectivity index (χ0) is 22.7. The van der Waals surface area contributed by atoms with Crippen LogP contribution in [0, 0.1) is 0 Å². The summed E-state index contributed by atoms with van der Waals surface area (Å²) in [5, 5.41) is 2.19. The van der Waals surface area contributed by atoms with Crippen LogP contribution in [0.4, 0.5) is 5.69 Å². The van der Waals surface area contributed by atoms with E-state index in [0.717, 1.165) is 33.5 Å². The molecule has 33 heavy (non-hydrogen) atoms. The summed E-state index contributed by atoms with van der Waals surface area (Å²) in [5.74, 6) is 0.750. The first-order valence-corrected chi connectivity index (χ1v) is 11.5. The number of thiocarbonyl (C=S) groups is 1. The topological polar surface area (TPSA) is 48.6 Å². The lowest BCUT2D eigenvalue weighted by atomic mass is 9.89. The number of halogens is 1. The lowest BCUT2D eigenvalue weighted by Crippen LogP contribution is -2.44. The summed E-state index contributed by atoms with van der Waals surface area (Å²) in [6, 6.07) is 22.8. The Labute approximate surface area is 201 Å². The Kier molecular flexibility index (Phi) is 4.67. The maximum atomic E-state index is 13.7. The first kappa shape index (κ1) is 20.3. The Morgan fingerprint density at radius 2 is 1.85 bits per heavy atom. The molecule has 2 aliphatic heterocycles. The number of rotatable bonds is 3. The molecule has 2 atom stereocenters. The standard InChI is InChI=1S/C26H20ClN3O2S/c1-32-18-11-9-15(10-12-18)24-23-20(19-7-2-3-8-21(19)28-23)14-22-25(31)29(26(33)30(22)24)17-6-4-5-16(27)13-17/h2-13,22,24,28H,14H2,1H3/t22-,24+/m0/s1. The molecule has 1 amide bonds. The van der Waals surface area contributed by atoms with Crippen molar-refractivity contribution in [2.45, 2.75) is 18.5 Å². The second-order valence-electron chi connectivity index (χ2n) is 8.30. The third kappa shape index (κ3) is 3.05. The zero-order valence-electron chi connectivity index (χ0n) is 17.8. The molecular weight excluding hydrogens is 454 g/mol. The van der Waals surface area contributed by atoms with Gasteiger partial charge in [-0.05, 0) is 59.7 Å². The zero-order valence-corrected chi connectivity index (χ0v) is 19.4. The molecular formula is C26H20ClN3O2S. The highest BCUT2D eigenvalue weighted by atomic mass is 35.5. The molecule has 0 aliphatic carbocycles. The molecule has 6 rings (SSSR count). The predicted molar refractivity (Wildman–Crippen MR) is 134 cm³/mol. The second-order valence-corrected chi connectivity index (χ2v) is 9.10. The first-order chi connectivity index (χ1) is 16.1. The molecule has 1 aromatic heterocycles. The number of fused-ring (bicyclic) bond motifs is 4. The summed E-state index contributed by atoms with van der Waals surface area (Å²) in [7, 11) is 1.65. The highest BCUT2D eigenvalue weighted by Crippen LogP contribution is 2.45. The molecule has 1 N–H and O–H groups in total. The minimum Gasteiger partial charge on any atom is -0.497 e.